The summed E-state index contributed by atoms with van der Waals surface area (Å²) in [6.07, 6.45) is 7.41. The summed E-state index contributed by atoms with van der Waals surface area (Å²) in [4.78, 5) is 22.6. The molecule has 0 saturated heterocycles. The van der Waals surface area contributed by atoms with Crippen molar-refractivity contribution in [2.75, 3.05) is 13.6 Å². The molecule has 0 spiro atoms. The van der Waals surface area contributed by atoms with Gasteiger partial charge in [0, 0.05) is 7.05 Å². The molecule has 86 valence electrons. The molecule has 0 aromatic heterocycles. The minimum Gasteiger partial charge on any atom is -0.548 e. The van der Waals surface area contributed by atoms with Crippen LogP contribution in [-0.2, 0) is 9.59 Å². The van der Waals surface area contributed by atoms with Crippen LogP contribution in [0.1, 0.15) is 32.6 Å². The van der Waals surface area contributed by atoms with E-state index in [0.29, 0.717) is 0 Å². The first-order valence-corrected chi connectivity index (χ1v) is 5.19. The van der Waals surface area contributed by atoms with Crippen LogP contribution in [0.5, 0.6) is 0 Å². The minimum atomic E-state index is -1.25. The molecule has 5 heteroatoms. The SMILES string of the molecule is CCCCC/C=C/C(=O)N(C)CC(=O)[O-].[K+]. The van der Waals surface area contributed by atoms with Crippen molar-refractivity contribution in [3.63, 3.8) is 0 Å². The van der Waals surface area contributed by atoms with Crippen molar-refractivity contribution in [1.29, 1.82) is 0 Å². The Kier molecular flexibility index (Phi) is 13.8. The second-order valence-electron chi connectivity index (χ2n) is 3.46. The molecule has 0 unspecified atom stereocenters. The fraction of sp³-hybridized carbons (Fsp3) is 0.636. The predicted octanol–water partition coefficient (Wildman–Crippen LogP) is -2.66. The smallest absolute Gasteiger partial charge is 0.548 e. The summed E-state index contributed by atoms with van der Waals surface area (Å²) in [7, 11) is 1.44. The number of carboxylic acids is 1. The Morgan fingerprint density at radius 1 is 1.31 bits per heavy atom. The number of unbranched alkanes of at least 4 members (excludes halogenated alkanes) is 3. The molecule has 0 aliphatic heterocycles. The third-order valence-electron chi connectivity index (χ3n) is 1.98. The first kappa shape index (κ1) is 18.7. The van der Waals surface area contributed by atoms with E-state index in [4.69, 9.17) is 0 Å². The number of allylic oxidation sites excluding steroid dienone is 1. The third kappa shape index (κ3) is 10.8. The topological polar surface area (TPSA) is 60.4 Å². The Morgan fingerprint density at radius 3 is 2.44 bits per heavy atom. The fourth-order valence-corrected chi connectivity index (χ4v) is 1.10. The number of carbonyl (C=O) groups excluding carboxylic acids is 2. The summed E-state index contributed by atoms with van der Waals surface area (Å²) in [6.45, 7) is 1.75. The van der Waals surface area contributed by atoms with Crippen molar-refractivity contribution < 1.29 is 66.1 Å². The number of carboxylic acid groups (broad SMARTS) is 1. The van der Waals surface area contributed by atoms with Gasteiger partial charge in [-0.2, -0.15) is 0 Å². The zero-order chi connectivity index (χ0) is 11.7. The Morgan fingerprint density at radius 2 is 1.94 bits per heavy atom. The largest absolute Gasteiger partial charge is 1.00 e. The van der Waals surface area contributed by atoms with Crippen LogP contribution in [0.15, 0.2) is 12.2 Å². The van der Waals surface area contributed by atoms with Crippen molar-refractivity contribution in [3.05, 3.63) is 12.2 Å². The standard InChI is InChI=1S/C11H19NO3.K/c1-3-4-5-6-7-8-10(13)12(2)9-11(14)15;/h7-8H,3-6,9H2,1-2H3,(H,14,15);/q;+1/p-1/b8-7+;. The van der Waals surface area contributed by atoms with E-state index < -0.39 is 5.97 Å². The molecule has 0 saturated carbocycles. The monoisotopic (exact) mass is 251 g/mol. The molecule has 0 N–H and O–H groups in total. The summed E-state index contributed by atoms with van der Waals surface area (Å²) in [5.74, 6) is -1.54. The van der Waals surface area contributed by atoms with Gasteiger partial charge in [0.15, 0.2) is 0 Å². The van der Waals surface area contributed by atoms with Crippen LogP contribution in [0.2, 0.25) is 0 Å². The summed E-state index contributed by atoms with van der Waals surface area (Å²) in [6, 6.07) is 0. The Bertz CT molecular complexity index is 241. The summed E-state index contributed by atoms with van der Waals surface area (Å²) in [5, 5.41) is 10.2. The number of hydrogen-bond acceptors (Lipinski definition) is 3. The average Bonchev–Trinajstić information content (AvgIpc) is 2.16. The Labute approximate surface area is 139 Å². The van der Waals surface area contributed by atoms with Gasteiger partial charge >= 0.3 is 51.4 Å². The number of amides is 1. The number of hydrogen-bond donors (Lipinski definition) is 0. The number of nitrogens with zero attached hydrogens (tertiary/aromatic N) is 1. The molecule has 0 bridgehead atoms. The van der Waals surface area contributed by atoms with Crippen LogP contribution in [0.4, 0.5) is 0 Å². The number of carbonyl (C=O) groups is 2. The normalized spacial score (nSPS) is 9.88. The Hall–Kier alpha value is 0.316. The van der Waals surface area contributed by atoms with E-state index in [2.05, 4.69) is 6.92 Å². The molecule has 0 rings (SSSR count). The van der Waals surface area contributed by atoms with E-state index in [1.54, 1.807) is 6.08 Å². The molecule has 0 aromatic carbocycles. The zero-order valence-corrected chi connectivity index (χ0v) is 13.5. The van der Waals surface area contributed by atoms with Gasteiger partial charge in [0.25, 0.3) is 0 Å². The zero-order valence-electron chi connectivity index (χ0n) is 10.4. The second kappa shape index (κ2) is 11.8. The maximum atomic E-state index is 11.3. The molecule has 1 amide bonds. The van der Waals surface area contributed by atoms with Crippen molar-refractivity contribution in [2.24, 2.45) is 0 Å². The van der Waals surface area contributed by atoms with E-state index in [-0.39, 0.29) is 63.8 Å². The van der Waals surface area contributed by atoms with E-state index in [9.17, 15) is 14.7 Å². The molecular weight excluding hydrogens is 233 g/mol. The molecular formula is C11H18KNO3. The van der Waals surface area contributed by atoms with Gasteiger partial charge in [0.1, 0.15) is 0 Å². The van der Waals surface area contributed by atoms with Gasteiger partial charge in [-0.25, -0.2) is 0 Å². The van der Waals surface area contributed by atoms with Gasteiger partial charge in [-0.1, -0.05) is 25.8 Å². The summed E-state index contributed by atoms with van der Waals surface area (Å²) >= 11 is 0. The van der Waals surface area contributed by atoms with E-state index in [1.165, 1.54) is 13.1 Å². The van der Waals surface area contributed by atoms with E-state index in [1.807, 2.05) is 0 Å². The third-order valence-corrected chi connectivity index (χ3v) is 1.98. The van der Waals surface area contributed by atoms with Gasteiger partial charge in [0.05, 0.1) is 12.5 Å². The summed E-state index contributed by atoms with van der Waals surface area (Å²) < 4.78 is 0. The van der Waals surface area contributed by atoms with Crippen molar-refractivity contribution in [2.45, 2.75) is 32.6 Å². The molecule has 0 aliphatic carbocycles. The van der Waals surface area contributed by atoms with Gasteiger partial charge in [-0.15, -0.1) is 0 Å². The molecule has 4 nitrogen and oxygen atoms in total. The molecule has 0 aliphatic rings. The van der Waals surface area contributed by atoms with Crippen LogP contribution < -0.4 is 56.5 Å². The van der Waals surface area contributed by atoms with Crippen molar-refractivity contribution in [3.8, 4) is 0 Å². The number of aliphatic carboxylic acids is 1. The number of rotatable bonds is 7. The van der Waals surface area contributed by atoms with Crippen LogP contribution >= 0.6 is 0 Å². The van der Waals surface area contributed by atoms with Crippen LogP contribution in [0, 0.1) is 0 Å². The van der Waals surface area contributed by atoms with Crippen molar-refractivity contribution >= 4 is 11.9 Å². The van der Waals surface area contributed by atoms with Crippen molar-refractivity contribution in [1.82, 2.24) is 4.90 Å². The van der Waals surface area contributed by atoms with Gasteiger partial charge in [-0.05, 0) is 18.9 Å². The molecule has 0 fully saturated rings. The van der Waals surface area contributed by atoms with Crippen LogP contribution in [0.3, 0.4) is 0 Å². The Balaban J connectivity index is 0. The van der Waals surface area contributed by atoms with E-state index >= 15 is 0 Å². The number of likely N-dealkylation sites (N-methyl/N-ethyl adjacent to an activating group) is 1. The molecule has 0 radical (unpaired) electrons. The van der Waals surface area contributed by atoms with Gasteiger partial charge in [0.2, 0.25) is 5.91 Å². The maximum Gasteiger partial charge on any atom is 1.00 e. The molecule has 0 heterocycles. The first-order chi connectivity index (χ1) is 7.07. The second-order valence-corrected chi connectivity index (χ2v) is 3.46. The summed E-state index contributed by atoms with van der Waals surface area (Å²) in [5.41, 5.74) is 0. The maximum absolute atomic E-state index is 11.3. The van der Waals surface area contributed by atoms with Crippen LogP contribution in [-0.4, -0.2) is 30.4 Å². The van der Waals surface area contributed by atoms with E-state index in [0.717, 1.165) is 30.6 Å². The molecule has 0 atom stereocenters. The van der Waals surface area contributed by atoms with Gasteiger partial charge in [-0.3, -0.25) is 4.79 Å². The molecule has 0 aromatic rings. The predicted molar refractivity (Wildman–Crippen MR) is 55.9 cm³/mol. The minimum absolute atomic E-state index is 0. The quantitative estimate of drug-likeness (QED) is 0.282. The molecule has 16 heavy (non-hydrogen) atoms. The first-order valence-electron chi connectivity index (χ1n) is 5.19. The van der Waals surface area contributed by atoms with Crippen LogP contribution in [0.25, 0.3) is 0 Å². The fourth-order valence-electron chi connectivity index (χ4n) is 1.10. The average molecular weight is 251 g/mol. The van der Waals surface area contributed by atoms with Gasteiger partial charge < -0.3 is 14.8 Å².